The van der Waals surface area contributed by atoms with E-state index in [4.69, 9.17) is 9.47 Å². The van der Waals surface area contributed by atoms with Crippen molar-refractivity contribution in [2.24, 2.45) is 0 Å². The standard InChI is InChI=1S/C20H22O5/c1-20(2,23)18-9-14-17(24-18)10-15(22)13-7-8-16(25-19(13)14)11-3-5-12(21)6-4-11/h3-6,10,16,18,21-23H,7-9H2,1-2H3/t16-,18+/m1/s1. The first-order chi connectivity index (χ1) is 11.8. The molecule has 2 aromatic rings. The van der Waals surface area contributed by atoms with Crippen molar-refractivity contribution in [3.05, 3.63) is 47.0 Å². The van der Waals surface area contributed by atoms with Gasteiger partial charge in [-0.05, 0) is 44.4 Å². The molecule has 0 fully saturated rings. The van der Waals surface area contributed by atoms with Crippen molar-refractivity contribution < 1.29 is 24.8 Å². The number of aromatic hydroxyl groups is 2. The second-order valence-corrected chi connectivity index (χ2v) is 7.38. The lowest BCUT2D eigenvalue weighted by Crippen LogP contribution is -2.39. The van der Waals surface area contributed by atoms with Gasteiger partial charge in [0.2, 0.25) is 0 Å². The Balaban J connectivity index is 1.69. The molecule has 25 heavy (non-hydrogen) atoms. The SMILES string of the molecule is CC(C)(O)[C@@H]1Cc2c(cc(O)c3c2O[C@@H](c2ccc(O)cc2)CC3)O1. The van der Waals surface area contributed by atoms with Crippen LogP contribution in [0.1, 0.15) is 43.1 Å². The molecular weight excluding hydrogens is 320 g/mol. The van der Waals surface area contributed by atoms with E-state index in [0.717, 1.165) is 23.1 Å². The smallest absolute Gasteiger partial charge is 0.134 e. The van der Waals surface area contributed by atoms with Crippen LogP contribution in [0.25, 0.3) is 0 Å². The second-order valence-electron chi connectivity index (χ2n) is 7.38. The number of aliphatic hydroxyl groups is 1. The summed E-state index contributed by atoms with van der Waals surface area (Å²) in [6.07, 6.45) is 1.49. The summed E-state index contributed by atoms with van der Waals surface area (Å²) in [5.74, 6) is 1.65. The fourth-order valence-electron chi connectivity index (χ4n) is 3.57. The van der Waals surface area contributed by atoms with Gasteiger partial charge in [-0.3, -0.25) is 0 Å². The highest BCUT2D eigenvalue weighted by Gasteiger charge is 2.39. The van der Waals surface area contributed by atoms with Crippen LogP contribution in [0.2, 0.25) is 0 Å². The number of phenols is 2. The number of hydrogen-bond donors (Lipinski definition) is 3. The van der Waals surface area contributed by atoms with Crippen LogP contribution in [-0.4, -0.2) is 27.0 Å². The Hall–Kier alpha value is -2.40. The Bertz CT molecular complexity index is 804. The van der Waals surface area contributed by atoms with Gasteiger partial charge in [-0.25, -0.2) is 0 Å². The van der Waals surface area contributed by atoms with Gasteiger partial charge in [-0.2, -0.15) is 0 Å². The molecule has 132 valence electrons. The molecule has 5 nitrogen and oxygen atoms in total. The summed E-state index contributed by atoms with van der Waals surface area (Å²) in [7, 11) is 0. The summed E-state index contributed by atoms with van der Waals surface area (Å²) in [4.78, 5) is 0. The van der Waals surface area contributed by atoms with Crippen LogP contribution >= 0.6 is 0 Å². The molecule has 2 heterocycles. The molecule has 0 unspecified atom stereocenters. The van der Waals surface area contributed by atoms with Crippen molar-refractivity contribution in [1.82, 2.24) is 0 Å². The molecular formula is C20H22O5. The van der Waals surface area contributed by atoms with Gasteiger partial charge in [-0.15, -0.1) is 0 Å². The third-order valence-electron chi connectivity index (χ3n) is 5.05. The average molecular weight is 342 g/mol. The van der Waals surface area contributed by atoms with Crippen molar-refractivity contribution in [3.8, 4) is 23.0 Å². The summed E-state index contributed by atoms with van der Waals surface area (Å²) < 4.78 is 12.1. The fourth-order valence-corrected chi connectivity index (χ4v) is 3.57. The van der Waals surface area contributed by atoms with E-state index in [-0.39, 0.29) is 23.7 Å². The summed E-state index contributed by atoms with van der Waals surface area (Å²) in [6.45, 7) is 3.44. The minimum Gasteiger partial charge on any atom is -0.508 e. The topological polar surface area (TPSA) is 79.2 Å². The van der Waals surface area contributed by atoms with Crippen LogP contribution in [0.3, 0.4) is 0 Å². The van der Waals surface area contributed by atoms with Crippen LogP contribution in [0, 0.1) is 0 Å². The molecule has 0 saturated heterocycles. The average Bonchev–Trinajstić information content (AvgIpc) is 3.00. The third kappa shape index (κ3) is 2.78. The maximum Gasteiger partial charge on any atom is 0.134 e. The highest BCUT2D eigenvalue weighted by Crippen LogP contribution is 2.49. The molecule has 0 aromatic heterocycles. The van der Waals surface area contributed by atoms with Crippen molar-refractivity contribution in [1.29, 1.82) is 0 Å². The summed E-state index contributed by atoms with van der Waals surface area (Å²) in [5.41, 5.74) is 1.71. The lowest BCUT2D eigenvalue weighted by molar-refractivity contribution is -0.0230. The zero-order valence-electron chi connectivity index (χ0n) is 14.3. The first kappa shape index (κ1) is 16.1. The van der Waals surface area contributed by atoms with Gasteiger partial charge in [-0.1, -0.05) is 12.1 Å². The predicted molar refractivity (Wildman–Crippen MR) is 92.3 cm³/mol. The molecule has 4 rings (SSSR count). The molecule has 2 atom stereocenters. The molecule has 0 amide bonds. The highest BCUT2D eigenvalue weighted by molar-refractivity contribution is 5.59. The van der Waals surface area contributed by atoms with Gasteiger partial charge in [0.1, 0.15) is 35.2 Å². The van der Waals surface area contributed by atoms with E-state index in [2.05, 4.69) is 0 Å². The largest absolute Gasteiger partial charge is 0.508 e. The Morgan fingerprint density at radius 3 is 2.44 bits per heavy atom. The molecule has 0 aliphatic carbocycles. The number of hydrogen-bond acceptors (Lipinski definition) is 5. The van der Waals surface area contributed by atoms with E-state index in [1.54, 1.807) is 32.0 Å². The van der Waals surface area contributed by atoms with Crippen molar-refractivity contribution in [2.75, 3.05) is 0 Å². The quantitative estimate of drug-likeness (QED) is 0.781. The van der Waals surface area contributed by atoms with Gasteiger partial charge >= 0.3 is 0 Å². The molecule has 0 spiro atoms. The first-order valence-electron chi connectivity index (χ1n) is 8.55. The zero-order chi connectivity index (χ0) is 17.8. The normalized spacial score (nSPS) is 21.9. The van der Waals surface area contributed by atoms with Crippen LogP contribution in [0.15, 0.2) is 30.3 Å². The molecule has 0 bridgehead atoms. The van der Waals surface area contributed by atoms with Gasteiger partial charge < -0.3 is 24.8 Å². The Morgan fingerprint density at radius 2 is 1.76 bits per heavy atom. The predicted octanol–water partition coefficient (Wildman–Crippen LogP) is 3.24. The maximum absolute atomic E-state index is 10.3. The summed E-state index contributed by atoms with van der Waals surface area (Å²) >= 11 is 0. The van der Waals surface area contributed by atoms with Crippen molar-refractivity contribution in [3.63, 3.8) is 0 Å². The highest BCUT2D eigenvalue weighted by atomic mass is 16.5. The van der Waals surface area contributed by atoms with E-state index < -0.39 is 5.60 Å². The Labute approximate surface area is 146 Å². The lowest BCUT2D eigenvalue weighted by atomic mass is 9.91. The lowest BCUT2D eigenvalue weighted by Gasteiger charge is -2.28. The number of rotatable bonds is 2. The fraction of sp³-hybridized carbons (Fsp3) is 0.400. The number of fused-ring (bicyclic) bond motifs is 3. The first-order valence-corrected chi connectivity index (χ1v) is 8.55. The number of phenolic OH excluding ortho intramolecular Hbond substituents is 2. The van der Waals surface area contributed by atoms with Crippen molar-refractivity contribution >= 4 is 0 Å². The summed E-state index contributed by atoms with van der Waals surface area (Å²) in [6, 6.07) is 8.63. The molecule has 0 saturated carbocycles. The van der Waals surface area contributed by atoms with E-state index >= 15 is 0 Å². The van der Waals surface area contributed by atoms with Crippen molar-refractivity contribution in [2.45, 2.75) is 50.9 Å². The molecule has 2 aromatic carbocycles. The van der Waals surface area contributed by atoms with E-state index in [0.29, 0.717) is 24.3 Å². The van der Waals surface area contributed by atoms with Gasteiger partial charge in [0.25, 0.3) is 0 Å². The molecule has 2 aliphatic heterocycles. The van der Waals surface area contributed by atoms with E-state index in [9.17, 15) is 15.3 Å². The third-order valence-corrected chi connectivity index (χ3v) is 5.05. The van der Waals surface area contributed by atoms with Crippen LogP contribution in [-0.2, 0) is 12.8 Å². The van der Waals surface area contributed by atoms with Gasteiger partial charge in [0.05, 0.1) is 5.60 Å². The molecule has 2 aliphatic rings. The molecule has 3 N–H and O–H groups in total. The zero-order valence-corrected chi connectivity index (χ0v) is 14.3. The van der Waals surface area contributed by atoms with Gasteiger partial charge in [0.15, 0.2) is 0 Å². The maximum atomic E-state index is 10.3. The Morgan fingerprint density at radius 1 is 1.04 bits per heavy atom. The number of benzene rings is 2. The van der Waals surface area contributed by atoms with Crippen LogP contribution in [0.5, 0.6) is 23.0 Å². The summed E-state index contributed by atoms with van der Waals surface area (Å²) in [5, 5.41) is 30.1. The second kappa shape index (κ2) is 5.56. The molecule has 5 heteroatoms. The van der Waals surface area contributed by atoms with Gasteiger partial charge in [0, 0.05) is 23.6 Å². The number of ether oxygens (including phenoxy) is 2. The minimum absolute atomic E-state index is 0.139. The van der Waals surface area contributed by atoms with E-state index in [1.165, 1.54) is 0 Å². The van der Waals surface area contributed by atoms with Crippen LogP contribution in [0.4, 0.5) is 0 Å². The Kier molecular flexibility index (Phi) is 3.58. The van der Waals surface area contributed by atoms with E-state index in [1.807, 2.05) is 12.1 Å². The molecule has 0 radical (unpaired) electrons. The monoisotopic (exact) mass is 342 g/mol. The minimum atomic E-state index is -0.980. The van der Waals surface area contributed by atoms with Crippen LogP contribution < -0.4 is 9.47 Å².